The average Bonchev–Trinajstić information content (AvgIpc) is 3.03. The number of aliphatic hydroxyl groups is 1. The molecule has 4 heteroatoms. The topological polar surface area (TPSA) is 65.1 Å². The highest BCUT2D eigenvalue weighted by Crippen LogP contribution is 2.37. The second kappa shape index (κ2) is 5.19. The SMILES string of the molecule is Cc1ccc2cc(C(=O)NC3CCCC3(C)CO)[nH]c2c1. The van der Waals surface area contributed by atoms with Gasteiger partial charge in [-0.25, -0.2) is 0 Å². The number of fused-ring (bicyclic) bond motifs is 1. The van der Waals surface area contributed by atoms with Crippen LogP contribution >= 0.6 is 0 Å². The van der Waals surface area contributed by atoms with E-state index in [9.17, 15) is 9.90 Å². The molecule has 1 fully saturated rings. The Morgan fingerprint density at radius 3 is 3.05 bits per heavy atom. The molecule has 0 saturated heterocycles. The number of nitrogens with one attached hydrogen (secondary N) is 2. The Morgan fingerprint density at radius 1 is 1.48 bits per heavy atom. The fourth-order valence-corrected chi connectivity index (χ4v) is 3.27. The molecule has 1 heterocycles. The number of amides is 1. The zero-order valence-corrected chi connectivity index (χ0v) is 12.6. The standard InChI is InChI=1S/C17H22N2O2/c1-11-5-6-12-9-14(18-13(12)8-11)16(21)19-15-4-3-7-17(15,2)10-20/h5-6,8-9,15,18,20H,3-4,7,10H2,1-2H3,(H,19,21). The highest BCUT2D eigenvalue weighted by molar-refractivity contribution is 5.98. The summed E-state index contributed by atoms with van der Waals surface area (Å²) in [5.41, 5.74) is 2.54. The van der Waals surface area contributed by atoms with Crippen LogP contribution in [-0.2, 0) is 0 Å². The Bertz CT molecular complexity index is 676. The molecule has 0 aliphatic heterocycles. The van der Waals surface area contributed by atoms with Crippen LogP contribution in [0.15, 0.2) is 24.3 Å². The first-order valence-corrected chi connectivity index (χ1v) is 7.53. The molecule has 1 aromatic heterocycles. The number of carbonyl (C=O) groups excluding carboxylic acids is 1. The first-order valence-electron chi connectivity index (χ1n) is 7.53. The van der Waals surface area contributed by atoms with E-state index in [1.54, 1.807) is 0 Å². The molecule has 0 bridgehead atoms. The third-order valence-electron chi connectivity index (χ3n) is 4.77. The van der Waals surface area contributed by atoms with Gasteiger partial charge in [-0.05, 0) is 37.5 Å². The summed E-state index contributed by atoms with van der Waals surface area (Å²) in [6, 6.07) is 8.03. The number of aryl methyl sites for hydroxylation is 1. The molecule has 1 aliphatic rings. The number of aromatic nitrogens is 1. The van der Waals surface area contributed by atoms with Crippen molar-refractivity contribution in [2.45, 2.75) is 39.2 Å². The summed E-state index contributed by atoms with van der Waals surface area (Å²) < 4.78 is 0. The zero-order valence-electron chi connectivity index (χ0n) is 12.6. The molecular formula is C17H22N2O2. The highest BCUT2D eigenvalue weighted by Gasteiger charge is 2.39. The fourth-order valence-electron chi connectivity index (χ4n) is 3.27. The van der Waals surface area contributed by atoms with Gasteiger partial charge in [-0.3, -0.25) is 4.79 Å². The van der Waals surface area contributed by atoms with Crippen molar-refractivity contribution in [1.29, 1.82) is 0 Å². The third kappa shape index (κ3) is 2.56. The van der Waals surface area contributed by atoms with Crippen molar-refractivity contribution in [2.24, 2.45) is 5.41 Å². The molecule has 1 saturated carbocycles. The van der Waals surface area contributed by atoms with Gasteiger partial charge in [-0.15, -0.1) is 0 Å². The molecule has 1 amide bonds. The van der Waals surface area contributed by atoms with Crippen molar-refractivity contribution < 1.29 is 9.90 Å². The lowest BCUT2D eigenvalue weighted by Gasteiger charge is -2.29. The van der Waals surface area contributed by atoms with Crippen molar-refractivity contribution >= 4 is 16.8 Å². The molecule has 3 rings (SSSR count). The Labute approximate surface area is 124 Å². The number of aromatic amines is 1. The fraction of sp³-hybridized carbons (Fsp3) is 0.471. The van der Waals surface area contributed by atoms with E-state index in [0.717, 1.165) is 30.2 Å². The number of H-pyrrole nitrogens is 1. The van der Waals surface area contributed by atoms with E-state index in [2.05, 4.69) is 10.3 Å². The van der Waals surface area contributed by atoms with Crippen LogP contribution < -0.4 is 5.32 Å². The van der Waals surface area contributed by atoms with Gasteiger partial charge in [0.1, 0.15) is 5.69 Å². The predicted octanol–water partition coefficient (Wildman–Crippen LogP) is 2.76. The van der Waals surface area contributed by atoms with Crippen LogP contribution in [0.5, 0.6) is 0 Å². The van der Waals surface area contributed by atoms with Gasteiger partial charge in [0.15, 0.2) is 0 Å². The van der Waals surface area contributed by atoms with Crippen LogP contribution in [0.1, 0.15) is 42.2 Å². The first kappa shape index (κ1) is 14.1. The molecule has 4 nitrogen and oxygen atoms in total. The summed E-state index contributed by atoms with van der Waals surface area (Å²) in [6.07, 6.45) is 2.94. The Kier molecular flexibility index (Phi) is 3.49. The molecule has 2 aromatic rings. The van der Waals surface area contributed by atoms with Gasteiger partial charge in [0.05, 0.1) is 6.61 Å². The number of aliphatic hydroxyl groups excluding tert-OH is 1. The Hall–Kier alpha value is -1.81. The molecule has 112 valence electrons. The molecule has 3 N–H and O–H groups in total. The number of hydrogen-bond acceptors (Lipinski definition) is 2. The van der Waals surface area contributed by atoms with Crippen LogP contribution in [0.2, 0.25) is 0 Å². The van der Waals surface area contributed by atoms with Crippen molar-refractivity contribution in [3.63, 3.8) is 0 Å². The molecule has 0 spiro atoms. The van der Waals surface area contributed by atoms with Crippen LogP contribution in [0, 0.1) is 12.3 Å². The van der Waals surface area contributed by atoms with E-state index in [0.29, 0.717) is 5.69 Å². The van der Waals surface area contributed by atoms with Crippen molar-refractivity contribution in [2.75, 3.05) is 6.61 Å². The van der Waals surface area contributed by atoms with E-state index in [1.807, 2.05) is 38.1 Å². The largest absolute Gasteiger partial charge is 0.396 e. The molecular weight excluding hydrogens is 264 g/mol. The summed E-state index contributed by atoms with van der Waals surface area (Å²) in [6.45, 7) is 4.19. The smallest absolute Gasteiger partial charge is 0.267 e. The summed E-state index contributed by atoms with van der Waals surface area (Å²) in [4.78, 5) is 15.6. The third-order valence-corrected chi connectivity index (χ3v) is 4.77. The van der Waals surface area contributed by atoms with Crippen LogP contribution in [0.25, 0.3) is 10.9 Å². The average molecular weight is 286 g/mol. The molecule has 21 heavy (non-hydrogen) atoms. The predicted molar refractivity (Wildman–Crippen MR) is 83.3 cm³/mol. The lowest BCUT2D eigenvalue weighted by molar-refractivity contribution is 0.0827. The summed E-state index contributed by atoms with van der Waals surface area (Å²) in [5, 5.41) is 13.7. The molecule has 2 unspecified atom stereocenters. The van der Waals surface area contributed by atoms with E-state index in [4.69, 9.17) is 0 Å². The molecule has 1 aliphatic carbocycles. The number of rotatable bonds is 3. The van der Waals surface area contributed by atoms with Crippen molar-refractivity contribution in [3.8, 4) is 0 Å². The minimum absolute atomic E-state index is 0.0446. The highest BCUT2D eigenvalue weighted by atomic mass is 16.3. The van der Waals surface area contributed by atoms with Gasteiger partial charge in [0, 0.05) is 22.4 Å². The van der Waals surface area contributed by atoms with Gasteiger partial charge >= 0.3 is 0 Å². The summed E-state index contributed by atoms with van der Waals surface area (Å²) in [5.74, 6) is -0.0876. The lowest BCUT2D eigenvalue weighted by Crippen LogP contribution is -2.44. The van der Waals surface area contributed by atoms with E-state index < -0.39 is 0 Å². The zero-order chi connectivity index (χ0) is 15.0. The lowest BCUT2D eigenvalue weighted by atomic mass is 9.86. The first-order chi connectivity index (χ1) is 10.0. The number of benzene rings is 1. The van der Waals surface area contributed by atoms with Crippen molar-refractivity contribution in [1.82, 2.24) is 10.3 Å². The van der Waals surface area contributed by atoms with E-state index >= 15 is 0 Å². The maximum atomic E-state index is 12.4. The second-order valence-corrected chi connectivity index (χ2v) is 6.50. The van der Waals surface area contributed by atoms with Gasteiger partial charge in [0.25, 0.3) is 5.91 Å². The summed E-state index contributed by atoms with van der Waals surface area (Å²) >= 11 is 0. The maximum absolute atomic E-state index is 12.4. The van der Waals surface area contributed by atoms with E-state index in [-0.39, 0.29) is 24.0 Å². The minimum atomic E-state index is -0.196. The van der Waals surface area contributed by atoms with E-state index in [1.165, 1.54) is 5.56 Å². The summed E-state index contributed by atoms with van der Waals surface area (Å²) in [7, 11) is 0. The quantitative estimate of drug-likeness (QED) is 0.812. The number of carbonyl (C=O) groups is 1. The Balaban J connectivity index is 1.81. The van der Waals surface area contributed by atoms with Gasteiger partial charge in [0.2, 0.25) is 0 Å². The normalized spacial score (nSPS) is 25.4. The van der Waals surface area contributed by atoms with Crippen LogP contribution in [-0.4, -0.2) is 28.6 Å². The number of hydrogen-bond donors (Lipinski definition) is 3. The van der Waals surface area contributed by atoms with Crippen LogP contribution in [0.4, 0.5) is 0 Å². The molecule has 0 radical (unpaired) electrons. The monoisotopic (exact) mass is 286 g/mol. The molecule has 1 aromatic carbocycles. The second-order valence-electron chi connectivity index (χ2n) is 6.50. The Morgan fingerprint density at radius 2 is 2.29 bits per heavy atom. The van der Waals surface area contributed by atoms with Crippen LogP contribution in [0.3, 0.4) is 0 Å². The van der Waals surface area contributed by atoms with Crippen molar-refractivity contribution in [3.05, 3.63) is 35.5 Å². The van der Waals surface area contributed by atoms with Gasteiger partial charge < -0.3 is 15.4 Å². The minimum Gasteiger partial charge on any atom is -0.396 e. The van der Waals surface area contributed by atoms with Gasteiger partial charge in [-0.2, -0.15) is 0 Å². The van der Waals surface area contributed by atoms with Gasteiger partial charge in [-0.1, -0.05) is 25.5 Å². The maximum Gasteiger partial charge on any atom is 0.267 e. The molecule has 2 atom stereocenters.